The Kier molecular flexibility index (Phi) is 12.2. The minimum absolute atomic E-state index is 0.00831. The number of nitrogens with one attached hydrogen (secondary N) is 1. The lowest BCUT2D eigenvalue weighted by molar-refractivity contribution is -0.144. The number of carbonyl (C=O) groups excluding carboxylic acids is 4. The molecule has 276 valence electrons. The summed E-state index contributed by atoms with van der Waals surface area (Å²) in [5.41, 5.74) is 2.63. The Labute approximate surface area is 305 Å². The third kappa shape index (κ3) is 9.26. The number of hydrogen-bond acceptors (Lipinski definition) is 8. The van der Waals surface area contributed by atoms with E-state index in [1.165, 1.54) is 6.07 Å². The number of phenolic OH excluding ortho intramolecular Hbond substituents is 1. The van der Waals surface area contributed by atoms with Crippen LogP contribution in [-0.2, 0) is 31.9 Å². The molecule has 13 heteroatoms. The van der Waals surface area contributed by atoms with Crippen LogP contribution in [0.1, 0.15) is 56.6 Å². The molecule has 4 heterocycles. The number of ether oxygens (including phenoxy) is 2. The molecular formula is C38H50ClN5O7. The quantitative estimate of drug-likeness (QED) is 0.340. The number of urea groups is 1. The van der Waals surface area contributed by atoms with Crippen LogP contribution in [-0.4, -0.2) is 120 Å². The predicted octanol–water partition coefficient (Wildman–Crippen LogP) is 5.16. The molecule has 4 aliphatic heterocycles. The number of rotatable bonds is 9. The van der Waals surface area contributed by atoms with E-state index in [0.29, 0.717) is 76.1 Å². The second-order valence-corrected chi connectivity index (χ2v) is 14.6. The van der Waals surface area contributed by atoms with Gasteiger partial charge < -0.3 is 34.6 Å². The van der Waals surface area contributed by atoms with Crippen molar-refractivity contribution in [2.45, 2.75) is 70.4 Å². The Balaban J connectivity index is 1.03. The maximum Gasteiger partial charge on any atom is 0.410 e. The highest BCUT2D eigenvalue weighted by atomic mass is 35.5. The molecule has 0 unspecified atom stereocenters. The number of anilines is 1. The summed E-state index contributed by atoms with van der Waals surface area (Å²) in [6.45, 7) is 6.89. The van der Waals surface area contributed by atoms with Crippen LogP contribution in [0.2, 0.25) is 5.02 Å². The average Bonchev–Trinajstić information content (AvgIpc) is 3.31. The fourth-order valence-corrected chi connectivity index (χ4v) is 8.33. The molecule has 1 atom stereocenters. The first-order valence-corrected chi connectivity index (χ1v) is 18.8. The molecular weight excluding hydrogens is 674 g/mol. The van der Waals surface area contributed by atoms with Crippen molar-refractivity contribution >= 4 is 41.3 Å². The van der Waals surface area contributed by atoms with Gasteiger partial charge in [0.15, 0.2) is 6.10 Å². The number of hydrogen-bond donors (Lipinski definition) is 2. The van der Waals surface area contributed by atoms with Gasteiger partial charge in [0.1, 0.15) is 5.75 Å². The number of fused-ring (bicyclic) bond motifs is 1. The number of para-hydroxylation sites is 1. The molecule has 12 nitrogen and oxygen atoms in total. The van der Waals surface area contributed by atoms with E-state index in [1.807, 2.05) is 41.0 Å². The Morgan fingerprint density at radius 3 is 2.25 bits per heavy atom. The van der Waals surface area contributed by atoms with Crippen molar-refractivity contribution < 1.29 is 33.8 Å². The third-order valence-electron chi connectivity index (χ3n) is 11.1. The number of aromatic hydroxyl groups is 1. The molecule has 0 aliphatic carbocycles. The number of piperidine rings is 3. The van der Waals surface area contributed by atoms with E-state index in [0.717, 1.165) is 56.4 Å². The smallest absolute Gasteiger partial charge is 0.410 e. The van der Waals surface area contributed by atoms with Gasteiger partial charge in [0.05, 0.1) is 18.2 Å². The molecule has 2 aromatic carbocycles. The van der Waals surface area contributed by atoms with Crippen LogP contribution in [0.5, 0.6) is 5.75 Å². The zero-order valence-corrected chi connectivity index (χ0v) is 30.2. The van der Waals surface area contributed by atoms with E-state index in [9.17, 15) is 24.3 Å². The topological polar surface area (TPSA) is 132 Å². The molecule has 6 rings (SSSR count). The first-order valence-electron chi connectivity index (χ1n) is 18.4. The number of benzene rings is 2. The summed E-state index contributed by atoms with van der Waals surface area (Å²) in [5, 5.41) is 13.2. The van der Waals surface area contributed by atoms with Gasteiger partial charge in [-0.1, -0.05) is 35.9 Å². The minimum Gasteiger partial charge on any atom is -0.506 e. The summed E-state index contributed by atoms with van der Waals surface area (Å²) in [7, 11) is 0. The molecule has 3 fully saturated rings. The van der Waals surface area contributed by atoms with Crippen molar-refractivity contribution in [2.24, 2.45) is 11.8 Å². The lowest BCUT2D eigenvalue weighted by Gasteiger charge is -2.41. The molecule has 0 bridgehead atoms. The summed E-state index contributed by atoms with van der Waals surface area (Å²) < 4.78 is 11.1. The van der Waals surface area contributed by atoms with Crippen molar-refractivity contribution in [1.29, 1.82) is 0 Å². The second kappa shape index (κ2) is 17.0. The third-order valence-corrected chi connectivity index (χ3v) is 11.4. The predicted molar refractivity (Wildman–Crippen MR) is 193 cm³/mol. The summed E-state index contributed by atoms with van der Waals surface area (Å²) in [4.78, 5) is 60.1. The molecule has 0 radical (unpaired) electrons. The number of likely N-dealkylation sites (tertiary alicyclic amines) is 3. The molecule has 4 aliphatic rings. The van der Waals surface area contributed by atoms with Crippen molar-refractivity contribution in [2.75, 3.05) is 64.3 Å². The van der Waals surface area contributed by atoms with E-state index in [4.69, 9.17) is 21.1 Å². The normalized spacial score (nSPS) is 20.3. The Morgan fingerprint density at radius 2 is 1.57 bits per heavy atom. The van der Waals surface area contributed by atoms with E-state index in [2.05, 4.69) is 10.2 Å². The van der Waals surface area contributed by atoms with Gasteiger partial charge in [-0.05, 0) is 106 Å². The van der Waals surface area contributed by atoms with Gasteiger partial charge in [0.25, 0.3) is 5.91 Å². The van der Waals surface area contributed by atoms with Gasteiger partial charge >= 0.3 is 18.1 Å². The summed E-state index contributed by atoms with van der Waals surface area (Å²) >= 11 is 6.20. The first-order chi connectivity index (χ1) is 24.7. The molecule has 0 saturated carbocycles. The highest BCUT2D eigenvalue weighted by molar-refractivity contribution is 6.32. The highest BCUT2D eigenvalue weighted by Gasteiger charge is 2.37. The van der Waals surface area contributed by atoms with Gasteiger partial charge in [-0.15, -0.1) is 0 Å². The maximum atomic E-state index is 14.0. The summed E-state index contributed by atoms with van der Waals surface area (Å²) in [6.07, 6.45) is 4.32. The van der Waals surface area contributed by atoms with E-state index >= 15 is 0 Å². The van der Waals surface area contributed by atoms with Crippen molar-refractivity contribution in [3.8, 4) is 5.75 Å². The number of carbonyl (C=O) groups is 4. The van der Waals surface area contributed by atoms with Crippen molar-refractivity contribution in [1.82, 2.24) is 19.6 Å². The van der Waals surface area contributed by atoms with Gasteiger partial charge in [-0.25, -0.2) is 9.59 Å². The fraction of sp³-hybridized carbons (Fsp3) is 0.579. The lowest BCUT2D eigenvalue weighted by Crippen LogP contribution is -2.52. The van der Waals surface area contributed by atoms with Crippen LogP contribution < -0.4 is 5.32 Å². The van der Waals surface area contributed by atoms with Crippen molar-refractivity contribution in [3.63, 3.8) is 0 Å². The van der Waals surface area contributed by atoms with Crippen LogP contribution in [0, 0.1) is 11.8 Å². The molecule has 2 aromatic rings. The molecule has 0 spiro atoms. The van der Waals surface area contributed by atoms with Crippen molar-refractivity contribution in [3.05, 3.63) is 58.6 Å². The van der Waals surface area contributed by atoms with Crippen LogP contribution in [0.15, 0.2) is 42.5 Å². The highest BCUT2D eigenvalue weighted by Crippen LogP contribution is 2.33. The van der Waals surface area contributed by atoms with Crippen LogP contribution in [0.3, 0.4) is 0 Å². The Morgan fingerprint density at radius 1 is 0.902 bits per heavy atom. The standard InChI is InChI=1S/C38H50ClN5O7/c1-2-50-35(46)25-41-16-9-27(10-17-41)28-11-18-42(19-12-28)36(47)34(24-26-7-8-33(45)31(39)23-26)51-38(49)43-20-14-30(15-21-43)44-22-13-29-5-3-4-6-32(29)40-37(44)48/h3-8,23,27-28,30,34,45H,2,9-22,24-25H2,1H3,(H,40,48)/t34-/m1/s1. The SMILES string of the molecule is CCOC(=O)CN1CCC(C2CCN(C(=O)[C@@H](Cc3ccc(O)c(Cl)c3)OC(=O)N3CCC(N4CCc5ccccc5NC4=O)CC3)CC2)CC1. The van der Waals surface area contributed by atoms with Crippen LogP contribution >= 0.6 is 11.6 Å². The molecule has 4 amide bonds. The van der Waals surface area contributed by atoms with E-state index in [1.54, 1.807) is 17.0 Å². The van der Waals surface area contributed by atoms with Crippen LogP contribution in [0.25, 0.3) is 0 Å². The van der Waals surface area contributed by atoms with Gasteiger partial charge in [0.2, 0.25) is 0 Å². The summed E-state index contributed by atoms with van der Waals surface area (Å²) in [5.74, 6) is 0.583. The zero-order chi connectivity index (χ0) is 35.9. The summed E-state index contributed by atoms with van der Waals surface area (Å²) in [6, 6.07) is 12.5. The Bertz CT molecular complexity index is 1550. The number of esters is 1. The average molecular weight is 724 g/mol. The number of amides is 4. The molecule has 51 heavy (non-hydrogen) atoms. The van der Waals surface area contributed by atoms with E-state index < -0.39 is 12.2 Å². The minimum atomic E-state index is -1.05. The molecule has 2 N–H and O–H groups in total. The number of nitrogens with zero attached hydrogens (tertiary/aromatic N) is 4. The van der Waals surface area contributed by atoms with Gasteiger partial charge in [-0.2, -0.15) is 0 Å². The second-order valence-electron chi connectivity index (χ2n) is 14.2. The molecule has 3 saturated heterocycles. The number of phenols is 1. The maximum absolute atomic E-state index is 14.0. The van der Waals surface area contributed by atoms with E-state index in [-0.39, 0.29) is 41.1 Å². The monoisotopic (exact) mass is 723 g/mol. The Hall–Kier alpha value is -4.03. The number of halogens is 1. The van der Waals surface area contributed by atoms with Gasteiger partial charge in [0, 0.05) is 50.9 Å². The van der Waals surface area contributed by atoms with Crippen LogP contribution in [0.4, 0.5) is 15.3 Å². The zero-order valence-electron chi connectivity index (χ0n) is 29.4. The van der Waals surface area contributed by atoms with Gasteiger partial charge in [-0.3, -0.25) is 14.5 Å². The fourth-order valence-electron chi connectivity index (χ4n) is 8.13. The lowest BCUT2D eigenvalue weighted by atomic mass is 9.78. The first kappa shape index (κ1) is 36.8. The largest absolute Gasteiger partial charge is 0.506 e. The molecule has 0 aromatic heterocycles.